The predicted octanol–water partition coefficient (Wildman–Crippen LogP) is 3.37. The molecule has 0 unspecified atom stereocenters. The molecule has 66 valence electrons. The van der Waals surface area contributed by atoms with Crippen molar-refractivity contribution in [2.24, 2.45) is 0 Å². The second kappa shape index (κ2) is 10.1. The van der Waals surface area contributed by atoms with Crippen molar-refractivity contribution in [3.05, 3.63) is 0 Å². The maximum absolute atomic E-state index is 5.14. The summed E-state index contributed by atoms with van der Waals surface area (Å²) in [6, 6.07) is 0. The summed E-state index contributed by atoms with van der Waals surface area (Å²) in [5.41, 5.74) is 0. The van der Waals surface area contributed by atoms with E-state index in [4.69, 9.17) is 6.42 Å². The zero-order chi connectivity index (χ0) is 9.07. The molecule has 0 aromatic heterocycles. The lowest BCUT2D eigenvalue weighted by atomic mass is 10.1. The van der Waals surface area contributed by atoms with Gasteiger partial charge in [0.1, 0.15) is 0 Å². The molecule has 0 radical (unpaired) electrons. The van der Waals surface area contributed by atoms with Crippen LogP contribution < -0.4 is 0 Å². The van der Waals surface area contributed by atoms with Gasteiger partial charge in [-0.25, -0.2) is 0 Å². The van der Waals surface area contributed by atoms with Crippen molar-refractivity contribution < 1.29 is 0 Å². The van der Waals surface area contributed by atoms with Crippen LogP contribution in [0.25, 0.3) is 0 Å². The summed E-state index contributed by atoms with van der Waals surface area (Å²) in [5.74, 6) is 8.63. The molecule has 0 heteroatoms. The number of terminal acetylenes is 1. The third-order valence-electron chi connectivity index (χ3n) is 1.80. The van der Waals surface area contributed by atoms with Gasteiger partial charge in [0.25, 0.3) is 0 Å². The second-order valence-corrected chi connectivity index (χ2v) is 2.90. The van der Waals surface area contributed by atoms with Crippen molar-refractivity contribution >= 4 is 0 Å². The van der Waals surface area contributed by atoms with Crippen LogP contribution in [0.1, 0.15) is 51.9 Å². The minimum absolute atomic E-state index is 0.939. The van der Waals surface area contributed by atoms with Gasteiger partial charge in [0.15, 0.2) is 0 Å². The highest BCUT2D eigenvalue weighted by Crippen LogP contribution is 2.05. The lowest BCUT2D eigenvalue weighted by molar-refractivity contribution is 0.628. The van der Waals surface area contributed by atoms with Gasteiger partial charge in [-0.15, -0.1) is 24.2 Å². The predicted molar refractivity (Wildman–Crippen MR) is 54.6 cm³/mol. The first kappa shape index (κ1) is 11.1. The number of hydrogen-bond acceptors (Lipinski definition) is 0. The summed E-state index contributed by atoms with van der Waals surface area (Å²) in [5, 5.41) is 0. The summed E-state index contributed by atoms with van der Waals surface area (Å²) in [6.07, 6.45) is 13.5. The van der Waals surface area contributed by atoms with Gasteiger partial charge in [-0.1, -0.05) is 19.3 Å². The summed E-state index contributed by atoms with van der Waals surface area (Å²) in [7, 11) is 0. The molecular weight excluding hydrogens is 144 g/mol. The standard InChI is InChI=1S/C12H18/c1-3-5-7-9-11-12-10-8-6-4-2/h1H,5,7-12H2,2H3. The molecular formula is C12H18. The second-order valence-electron chi connectivity index (χ2n) is 2.90. The van der Waals surface area contributed by atoms with Crippen molar-refractivity contribution in [3.63, 3.8) is 0 Å². The van der Waals surface area contributed by atoms with Gasteiger partial charge in [0, 0.05) is 12.8 Å². The van der Waals surface area contributed by atoms with Crippen molar-refractivity contribution in [2.75, 3.05) is 0 Å². The number of hydrogen-bond donors (Lipinski definition) is 0. The Kier molecular flexibility index (Phi) is 9.38. The average Bonchev–Trinajstić information content (AvgIpc) is 2.10. The number of rotatable bonds is 6. The molecule has 0 bridgehead atoms. The molecule has 0 nitrogen and oxygen atoms in total. The molecule has 0 spiro atoms. The Morgan fingerprint density at radius 2 is 1.50 bits per heavy atom. The van der Waals surface area contributed by atoms with E-state index in [1.54, 1.807) is 0 Å². The molecule has 0 aromatic rings. The molecule has 0 atom stereocenters. The molecule has 0 saturated heterocycles. The molecule has 0 aliphatic rings. The first-order valence-electron chi connectivity index (χ1n) is 4.75. The molecule has 0 N–H and O–H groups in total. The Morgan fingerprint density at radius 3 is 2.08 bits per heavy atom. The van der Waals surface area contributed by atoms with Gasteiger partial charge in [-0.3, -0.25) is 0 Å². The van der Waals surface area contributed by atoms with Crippen molar-refractivity contribution in [1.29, 1.82) is 0 Å². The SMILES string of the molecule is C#CCCCCCCCC#CC. The third-order valence-corrected chi connectivity index (χ3v) is 1.80. The van der Waals surface area contributed by atoms with E-state index in [1.165, 1.54) is 32.1 Å². The van der Waals surface area contributed by atoms with Crippen LogP contribution in [-0.2, 0) is 0 Å². The van der Waals surface area contributed by atoms with Gasteiger partial charge in [-0.2, -0.15) is 0 Å². The van der Waals surface area contributed by atoms with E-state index >= 15 is 0 Å². The Balaban J connectivity index is 2.90. The first-order chi connectivity index (χ1) is 5.91. The fourth-order valence-electron chi connectivity index (χ4n) is 1.10. The maximum atomic E-state index is 5.14. The van der Waals surface area contributed by atoms with Crippen LogP contribution in [0, 0.1) is 24.2 Å². The molecule has 12 heavy (non-hydrogen) atoms. The Morgan fingerprint density at radius 1 is 0.917 bits per heavy atom. The molecule has 0 saturated carbocycles. The summed E-state index contributed by atoms with van der Waals surface area (Å²) in [6.45, 7) is 1.90. The monoisotopic (exact) mass is 162 g/mol. The largest absolute Gasteiger partial charge is 0.120 e. The minimum atomic E-state index is 0.939. The molecule has 0 aliphatic carbocycles. The summed E-state index contributed by atoms with van der Waals surface area (Å²) >= 11 is 0. The zero-order valence-corrected chi connectivity index (χ0v) is 8.03. The van der Waals surface area contributed by atoms with Crippen molar-refractivity contribution in [1.82, 2.24) is 0 Å². The molecule has 0 amide bonds. The maximum Gasteiger partial charge on any atom is 0.00885 e. The molecule has 0 rings (SSSR count). The third kappa shape index (κ3) is 9.12. The van der Waals surface area contributed by atoms with E-state index in [0.29, 0.717) is 0 Å². The highest BCUT2D eigenvalue weighted by Gasteiger charge is 1.87. The van der Waals surface area contributed by atoms with Crippen LogP contribution in [0.5, 0.6) is 0 Å². The van der Waals surface area contributed by atoms with Crippen molar-refractivity contribution in [2.45, 2.75) is 51.9 Å². The van der Waals surface area contributed by atoms with Crippen LogP contribution in [0.3, 0.4) is 0 Å². The molecule has 0 aromatic carbocycles. The van der Waals surface area contributed by atoms with E-state index in [0.717, 1.165) is 12.8 Å². The normalized spacial score (nSPS) is 8.33. The van der Waals surface area contributed by atoms with Gasteiger partial charge >= 0.3 is 0 Å². The van der Waals surface area contributed by atoms with Gasteiger partial charge in [0.05, 0.1) is 0 Å². The fourth-order valence-corrected chi connectivity index (χ4v) is 1.10. The fraction of sp³-hybridized carbons (Fsp3) is 0.667. The molecule has 0 heterocycles. The van der Waals surface area contributed by atoms with E-state index in [9.17, 15) is 0 Å². The van der Waals surface area contributed by atoms with E-state index in [1.807, 2.05) is 6.92 Å². The smallest absolute Gasteiger partial charge is 0.00885 e. The Hall–Kier alpha value is -0.880. The number of unbranched alkanes of at least 4 members (excludes halogenated alkanes) is 6. The van der Waals surface area contributed by atoms with Gasteiger partial charge in [-0.05, 0) is 19.8 Å². The molecule has 0 fully saturated rings. The molecule has 0 aliphatic heterocycles. The van der Waals surface area contributed by atoms with Gasteiger partial charge < -0.3 is 0 Å². The van der Waals surface area contributed by atoms with Crippen LogP contribution in [0.4, 0.5) is 0 Å². The zero-order valence-electron chi connectivity index (χ0n) is 8.03. The van der Waals surface area contributed by atoms with Crippen LogP contribution >= 0.6 is 0 Å². The van der Waals surface area contributed by atoms with E-state index in [-0.39, 0.29) is 0 Å². The summed E-state index contributed by atoms with van der Waals surface area (Å²) < 4.78 is 0. The average molecular weight is 162 g/mol. The quantitative estimate of drug-likeness (QED) is 0.415. The van der Waals surface area contributed by atoms with Crippen molar-refractivity contribution in [3.8, 4) is 24.2 Å². The highest BCUT2D eigenvalue weighted by molar-refractivity contribution is 4.94. The van der Waals surface area contributed by atoms with Crippen LogP contribution in [-0.4, -0.2) is 0 Å². The van der Waals surface area contributed by atoms with E-state index < -0.39 is 0 Å². The lowest BCUT2D eigenvalue weighted by Crippen LogP contribution is -1.78. The summed E-state index contributed by atoms with van der Waals surface area (Å²) in [4.78, 5) is 0. The Bertz CT molecular complexity index is 172. The minimum Gasteiger partial charge on any atom is -0.120 e. The first-order valence-corrected chi connectivity index (χ1v) is 4.75. The van der Waals surface area contributed by atoms with E-state index in [2.05, 4.69) is 17.8 Å². The van der Waals surface area contributed by atoms with Crippen LogP contribution in [0.2, 0.25) is 0 Å². The lowest BCUT2D eigenvalue weighted by Gasteiger charge is -1.95. The van der Waals surface area contributed by atoms with Gasteiger partial charge in [0.2, 0.25) is 0 Å². The highest BCUT2D eigenvalue weighted by atomic mass is 13.9. The topological polar surface area (TPSA) is 0 Å². The Labute approximate surface area is 76.8 Å². The van der Waals surface area contributed by atoms with Crippen LogP contribution in [0.15, 0.2) is 0 Å².